The number of anilines is 1. The van der Waals surface area contributed by atoms with E-state index in [4.69, 9.17) is 11.6 Å². The van der Waals surface area contributed by atoms with Crippen molar-refractivity contribution in [1.82, 2.24) is 0 Å². The minimum atomic E-state index is -6.22. The summed E-state index contributed by atoms with van der Waals surface area (Å²) >= 11 is 9.00. The number of aryl methyl sites for hydroxylation is 2. The number of halogens is 9. The number of rotatable bonds is 5. The smallest absolute Gasteiger partial charge is 0.321 e. The number of alkyl halides is 8. The van der Waals surface area contributed by atoms with Gasteiger partial charge in [0.25, 0.3) is 5.91 Å². The lowest BCUT2D eigenvalue weighted by molar-refractivity contribution is -0.348. The Morgan fingerprint density at radius 3 is 2.03 bits per heavy atom. The summed E-state index contributed by atoms with van der Waals surface area (Å²) in [5.41, 5.74) is -6.44. The molecule has 0 fully saturated rings. The van der Waals surface area contributed by atoms with Crippen LogP contribution < -0.4 is 5.32 Å². The molecule has 0 aliphatic carbocycles. The van der Waals surface area contributed by atoms with Crippen LogP contribution in [0.25, 0.3) is 0 Å². The molecule has 2 aromatic carbocycles. The maximum atomic E-state index is 14.5. The highest BCUT2D eigenvalue weighted by molar-refractivity contribution is 9.10. The molecule has 0 saturated heterocycles. The van der Waals surface area contributed by atoms with Gasteiger partial charge in [-0.1, -0.05) is 35.0 Å². The average Bonchev–Trinajstić information content (AvgIpc) is 2.66. The summed E-state index contributed by atoms with van der Waals surface area (Å²) in [4.78, 5) is 12.6. The van der Waals surface area contributed by atoms with E-state index < -0.39 is 29.5 Å². The lowest BCUT2D eigenvalue weighted by Crippen LogP contribution is -2.50. The second-order valence-electron chi connectivity index (χ2n) is 6.73. The molecule has 0 aliphatic rings. The summed E-state index contributed by atoms with van der Waals surface area (Å²) in [6, 6.07) is 5.46. The third kappa shape index (κ3) is 4.84. The van der Waals surface area contributed by atoms with E-state index in [0.29, 0.717) is 22.2 Å². The zero-order chi connectivity index (χ0) is 23.8. The summed E-state index contributed by atoms with van der Waals surface area (Å²) in [7, 11) is 0. The molecular formula is C20H16BrClF7NO. The van der Waals surface area contributed by atoms with E-state index in [1.165, 1.54) is 26.0 Å². The summed E-state index contributed by atoms with van der Waals surface area (Å²) in [6.07, 6.45) is -12.5. The van der Waals surface area contributed by atoms with E-state index in [1.54, 1.807) is 6.07 Å². The van der Waals surface area contributed by atoms with Crippen molar-refractivity contribution in [1.29, 1.82) is 0 Å². The van der Waals surface area contributed by atoms with Crippen molar-refractivity contribution in [3.8, 4) is 0 Å². The number of amides is 1. The molecule has 0 unspecified atom stereocenters. The second kappa shape index (κ2) is 8.97. The predicted molar refractivity (Wildman–Crippen MR) is 107 cm³/mol. The first-order chi connectivity index (χ1) is 14.2. The van der Waals surface area contributed by atoms with E-state index in [9.17, 15) is 35.5 Å². The molecule has 2 rings (SSSR count). The van der Waals surface area contributed by atoms with Crippen molar-refractivity contribution in [3.63, 3.8) is 0 Å². The van der Waals surface area contributed by atoms with E-state index in [-0.39, 0.29) is 34.7 Å². The van der Waals surface area contributed by atoms with Gasteiger partial charge in [0.05, 0.1) is 0 Å². The molecule has 2 nitrogen and oxygen atoms in total. The predicted octanol–water partition coefficient (Wildman–Crippen LogP) is 7.60. The normalized spacial score (nSPS) is 12.7. The Labute approximate surface area is 186 Å². The zero-order valence-corrected chi connectivity index (χ0v) is 18.5. The van der Waals surface area contributed by atoms with Gasteiger partial charge in [0, 0.05) is 27.2 Å². The molecule has 11 heteroatoms. The van der Waals surface area contributed by atoms with Gasteiger partial charge >= 0.3 is 18.0 Å². The molecule has 0 aromatic heterocycles. The summed E-state index contributed by atoms with van der Waals surface area (Å²) in [5, 5.41) is 2.49. The van der Waals surface area contributed by atoms with Gasteiger partial charge in [0.2, 0.25) is 0 Å². The fraction of sp³-hybridized carbons (Fsp3) is 0.350. The van der Waals surface area contributed by atoms with Crippen molar-refractivity contribution in [3.05, 3.63) is 62.6 Å². The molecule has 1 N–H and O–H groups in total. The largest absolute Gasteiger partial charge is 0.435 e. The molecule has 0 heterocycles. The van der Waals surface area contributed by atoms with Gasteiger partial charge in [-0.05, 0) is 48.2 Å². The van der Waals surface area contributed by atoms with Gasteiger partial charge < -0.3 is 5.32 Å². The minimum Gasteiger partial charge on any atom is -0.321 e. The van der Waals surface area contributed by atoms with Crippen LogP contribution in [0.4, 0.5) is 36.4 Å². The molecule has 1 amide bonds. The molecule has 0 spiro atoms. The standard InChI is InChI=1S/C20H16BrClF7NO/c1-3-11-7-14(18(23,19(24,25)26)20(27,28)29)6-10(2)16(11)30-17(31)12-4-5-13(9-22)15(21)8-12/h4-8H,3,9H2,1-2H3,(H,30,31). The average molecular weight is 535 g/mol. The van der Waals surface area contributed by atoms with Crippen LogP contribution in [0.15, 0.2) is 34.8 Å². The van der Waals surface area contributed by atoms with Crippen LogP contribution in [-0.4, -0.2) is 18.3 Å². The van der Waals surface area contributed by atoms with Crippen LogP contribution in [0.3, 0.4) is 0 Å². The molecule has 0 saturated carbocycles. The van der Waals surface area contributed by atoms with Gasteiger partial charge in [0.15, 0.2) is 0 Å². The highest BCUT2D eigenvalue weighted by Crippen LogP contribution is 2.53. The molecule has 0 bridgehead atoms. The maximum absolute atomic E-state index is 14.5. The highest BCUT2D eigenvalue weighted by atomic mass is 79.9. The lowest BCUT2D eigenvalue weighted by atomic mass is 9.89. The number of hydrogen-bond donors (Lipinski definition) is 1. The van der Waals surface area contributed by atoms with E-state index in [1.807, 2.05) is 0 Å². The van der Waals surface area contributed by atoms with Gasteiger partial charge in [0.1, 0.15) is 0 Å². The van der Waals surface area contributed by atoms with Crippen molar-refractivity contribution in [2.75, 3.05) is 5.32 Å². The number of carbonyl (C=O) groups is 1. The van der Waals surface area contributed by atoms with E-state index in [0.717, 1.165) is 0 Å². The minimum absolute atomic E-state index is 0.0143. The Morgan fingerprint density at radius 1 is 1.00 bits per heavy atom. The van der Waals surface area contributed by atoms with Crippen molar-refractivity contribution in [2.45, 2.75) is 44.2 Å². The monoisotopic (exact) mass is 533 g/mol. The van der Waals surface area contributed by atoms with Crippen LogP contribution in [-0.2, 0) is 18.0 Å². The van der Waals surface area contributed by atoms with Crippen molar-refractivity contribution < 1.29 is 35.5 Å². The molecule has 0 atom stereocenters. The number of benzene rings is 2. The summed E-state index contributed by atoms with van der Waals surface area (Å²) < 4.78 is 93.6. The second-order valence-corrected chi connectivity index (χ2v) is 7.85. The first-order valence-corrected chi connectivity index (χ1v) is 10.1. The SMILES string of the molecule is CCc1cc(C(F)(C(F)(F)F)C(F)(F)F)cc(C)c1NC(=O)c1ccc(CCl)c(Br)c1. The third-order valence-electron chi connectivity index (χ3n) is 4.67. The Kier molecular flexibility index (Phi) is 7.37. The Hall–Kier alpha value is -1.81. The summed E-state index contributed by atoms with van der Waals surface area (Å²) in [6.45, 7) is 2.65. The molecule has 31 heavy (non-hydrogen) atoms. The lowest BCUT2D eigenvalue weighted by Gasteiger charge is -2.31. The van der Waals surface area contributed by atoms with Crippen LogP contribution >= 0.6 is 27.5 Å². The Bertz CT molecular complexity index is 975. The van der Waals surface area contributed by atoms with Crippen molar-refractivity contribution in [2.24, 2.45) is 0 Å². The zero-order valence-electron chi connectivity index (χ0n) is 16.1. The number of hydrogen-bond acceptors (Lipinski definition) is 1. The van der Waals surface area contributed by atoms with Gasteiger partial charge in [-0.25, -0.2) is 4.39 Å². The quantitative estimate of drug-likeness (QED) is 0.311. The maximum Gasteiger partial charge on any atom is 0.435 e. The van der Waals surface area contributed by atoms with Crippen LogP contribution in [0, 0.1) is 6.92 Å². The molecule has 0 radical (unpaired) electrons. The highest BCUT2D eigenvalue weighted by Gasteiger charge is 2.73. The fourth-order valence-electron chi connectivity index (χ4n) is 2.99. The first-order valence-electron chi connectivity index (χ1n) is 8.79. The van der Waals surface area contributed by atoms with Crippen LogP contribution in [0.2, 0.25) is 0 Å². The first kappa shape index (κ1) is 25.5. The Morgan fingerprint density at radius 2 is 1.58 bits per heavy atom. The number of nitrogens with one attached hydrogen (secondary N) is 1. The molecular weight excluding hydrogens is 519 g/mol. The molecule has 0 aliphatic heterocycles. The van der Waals surface area contributed by atoms with Crippen molar-refractivity contribution >= 4 is 39.1 Å². The van der Waals surface area contributed by atoms with Crippen LogP contribution in [0.5, 0.6) is 0 Å². The van der Waals surface area contributed by atoms with E-state index in [2.05, 4.69) is 21.2 Å². The fourth-order valence-corrected chi connectivity index (χ4v) is 3.90. The van der Waals surface area contributed by atoms with Gasteiger partial charge in [-0.3, -0.25) is 4.79 Å². The van der Waals surface area contributed by atoms with E-state index >= 15 is 0 Å². The van der Waals surface area contributed by atoms with Crippen LogP contribution in [0.1, 0.15) is 39.5 Å². The Balaban J connectivity index is 2.53. The van der Waals surface area contributed by atoms with Gasteiger partial charge in [-0.2, -0.15) is 26.3 Å². The molecule has 170 valence electrons. The third-order valence-corrected chi connectivity index (χ3v) is 5.70. The van der Waals surface area contributed by atoms with Gasteiger partial charge in [-0.15, -0.1) is 11.6 Å². The summed E-state index contributed by atoms with van der Waals surface area (Å²) in [5.74, 6) is -0.461. The topological polar surface area (TPSA) is 29.1 Å². The molecule has 2 aromatic rings. The number of carbonyl (C=O) groups excluding carboxylic acids is 1.